The van der Waals surface area contributed by atoms with E-state index in [9.17, 15) is 19.7 Å². The van der Waals surface area contributed by atoms with Gasteiger partial charge in [0.25, 0.3) is 11.6 Å². The van der Waals surface area contributed by atoms with E-state index in [1.165, 1.54) is 32.8 Å². The van der Waals surface area contributed by atoms with E-state index in [0.717, 1.165) is 18.9 Å². The Hall–Kier alpha value is -3.66. The van der Waals surface area contributed by atoms with E-state index < -0.39 is 10.8 Å². The lowest BCUT2D eigenvalue weighted by Crippen LogP contribution is -2.43. The summed E-state index contributed by atoms with van der Waals surface area (Å²) in [4.78, 5) is 36.5. The zero-order chi connectivity index (χ0) is 25.5. The number of carbonyl (C=O) groups is 2. The number of benzene rings is 2. The summed E-state index contributed by atoms with van der Waals surface area (Å²) in [5.41, 5.74) is 0.227. The van der Waals surface area contributed by atoms with Gasteiger partial charge in [-0.15, -0.1) is 0 Å². The first kappa shape index (κ1) is 26.0. The Balaban J connectivity index is 1.77. The van der Waals surface area contributed by atoms with Crippen LogP contribution in [-0.4, -0.2) is 43.5 Å². The lowest BCUT2D eigenvalue weighted by atomic mass is 9.78. The third-order valence-corrected chi connectivity index (χ3v) is 6.62. The number of hydrogen-bond donors (Lipinski definition) is 3. The SMILES string of the molecule is COc1ccc(NC(=O)c2cc([N+](=O)[O-])ccc2NC(=O)CN[C@@H]2CCC[C@@H](C)[C@@H]2C)c(OC)c1. The fourth-order valence-electron chi connectivity index (χ4n) is 4.32. The number of carbonyl (C=O) groups excluding carboxylic acids is 2. The molecule has 10 nitrogen and oxygen atoms in total. The molecule has 1 aliphatic carbocycles. The van der Waals surface area contributed by atoms with Crippen molar-refractivity contribution in [2.24, 2.45) is 11.8 Å². The summed E-state index contributed by atoms with van der Waals surface area (Å²) in [5, 5.41) is 20.0. The van der Waals surface area contributed by atoms with Crippen molar-refractivity contribution >= 4 is 28.9 Å². The highest BCUT2D eigenvalue weighted by Crippen LogP contribution is 2.31. The van der Waals surface area contributed by atoms with Crippen LogP contribution in [0.4, 0.5) is 17.1 Å². The van der Waals surface area contributed by atoms with Gasteiger partial charge in [-0.05, 0) is 36.5 Å². The fourth-order valence-corrected chi connectivity index (χ4v) is 4.32. The van der Waals surface area contributed by atoms with Crippen LogP contribution in [-0.2, 0) is 4.79 Å². The number of anilines is 2. The van der Waals surface area contributed by atoms with Crippen molar-refractivity contribution in [1.29, 1.82) is 0 Å². The minimum atomic E-state index is -0.629. The van der Waals surface area contributed by atoms with E-state index in [1.807, 2.05) is 0 Å². The molecule has 188 valence electrons. The molecule has 2 aromatic rings. The molecule has 1 fully saturated rings. The average Bonchev–Trinajstić information content (AvgIpc) is 2.85. The quantitative estimate of drug-likeness (QED) is 0.359. The van der Waals surface area contributed by atoms with Gasteiger partial charge in [-0.3, -0.25) is 19.7 Å². The molecule has 3 rings (SSSR count). The zero-order valence-corrected chi connectivity index (χ0v) is 20.4. The van der Waals surface area contributed by atoms with Crippen LogP contribution in [0.5, 0.6) is 11.5 Å². The van der Waals surface area contributed by atoms with Crippen LogP contribution in [0.1, 0.15) is 43.5 Å². The van der Waals surface area contributed by atoms with E-state index in [1.54, 1.807) is 18.2 Å². The maximum absolute atomic E-state index is 13.1. The number of hydrogen-bond acceptors (Lipinski definition) is 7. The number of methoxy groups -OCH3 is 2. The van der Waals surface area contributed by atoms with Crippen molar-refractivity contribution in [3.05, 3.63) is 52.1 Å². The summed E-state index contributed by atoms with van der Waals surface area (Å²) in [6.45, 7) is 4.48. The van der Waals surface area contributed by atoms with Crippen molar-refractivity contribution in [1.82, 2.24) is 5.32 Å². The third kappa shape index (κ3) is 6.48. The lowest BCUT2D eigenvalue weighted by molar-refractivity contribution is -0.384. The number of amides is 2. The van der Waals surface area contributed by atoms with Crippen molar-refractivity contribution in [2.45, 2.75) is 39.2 Å². The molecule has 0 aliphatic heterocycles. The Bertz CT molecular complexity index is 1090. The van der Waals surface area contributed by atoms with Crippen molar-refractivity contribution in [3.8, 4) is 11.5 Å². The Morgan fingerprint density at radius 2 is 1.77 bits per heavy atom. The maximum atomic E-state index is 13.1. The van der Waals surface area contributed by atoms with Crippen LogP contribution in [0, 0.1) is 22.0 Å². The van der Waals surface area contributed by atoms with Crippen LogP contribution in [0.2, 0.25) is 0 Å². The van der Waals surface area contributed by atoms with Crippen molar-refractivity contribution in [2.75, 3.05) is 31.4 Å². The van der Waals surface area contributed by atoms with Gasteiger partial charge in [0, 0.05) is 24.2 Å². The first-order valence-corrected chi connectivity index (χ1v) is 11.6. The maximum Gasteiger partial charge on any atom is 0.270 e. The first-order chi connectivity index (χ1) is 16.7. The van der Waals surface area contributed by atoms with Gasteiger partial charge in [0.05, 0.1) is 42.6 Å². The Labute approximate surface area is 204 Å². The second kappa shape index (κ2) is 11.7. The molecule has 2 amide bonds. The molecule has 2 aromatic carbocycles. The Morgan fingerprint density at radius 1 is 1.03 bits per heavy atom. The smallest absolute Gasteiger partial charge is 0.270 e. The number of ether oxygens (including phenoxy) is 2. The summed E-state index contributed by atoms with van der Waals surface area (Å²) < 4.78 is 10.5. The monoisotopic (exact) mass is 484 g/mol. The average molecular weight is 485 g/mol. The van der Waals surface area contributed by atoms with Crippen LogP contribution in [0.3, 0.4) is 0 Å². The van der Waals surface area contributed by atoms with E-state index in [0.29, 0.717) is 29.0 Å². The van der Waals surface area contributed by atoms with Crippen molar-refractivity contribution < 1.29 is 24.0 Å². The molecule has 0 unspecified atom stereocenters. The Morgan fingerprint density at radius 3 is 2.46 bits per heavy atom. The molecule has 0 spiro atoms. The molecule has 1 saturated carbocycles. The lowest BCUT2D eigenvalue weighted by Gasteiger charge is -2.34. The number of non-ortho nitro benzene ring substituents is 1. The van der Waals surface area contributed by atoms with Gasteiger partial charge in [-0.25, -0.2) is 0 Å². The summed E-state index contributed by atoms with van der Waals surface area (Å²) in [6, 6.07) is 8.84. The number of nitrogens with zero attached hydrogens (tertiary/aromatic N) is 1. The first-order valence-electron chi connectivity index (χ1n) is 11.6. The van der Waals surface area contributed by atoms with Gasteiger partial charge in [0.2, 0.25) is 5.91 Å². The van der Waals surface area contributed by atoms with Crippen LogP contribution in [0.15, 0.2) is 36.4 Å². The molecule has 0 saturated heterocycles. The van der Waals surface area contributed by atoms with E-state index >= 15 is 0 Å². The molecule has 0 radical (unpaired) electrons. The number of nitro groups is 1. The van der Waals surface area contributed by atoms with Crippen LogP contribution in [0.25, 0.3) is 0 Å². The zero-order valence-electron chi connectivity index (χ0n) is 20.4. The molecule has 35 heavy (non-hydrogen) atoms. The molecular weight excluding hydrogens is 452 g/mol. The summed E-state index contributed by atoms with van der Waals surface area (Å²) in [5.74, 6) is 0.975. The van der Waals surface area contributed by atoms with E-state index in [2.05, 4.69) is 29.8 Å². The number of rotatable bonds is 9. The van der Waals surface area contributed by atoms with Crippen LogP contribution >= 0.6 is 0 Å². The summed E-state index contributed by atoms with van der Waals surface area (Å²) >= 11 is 0. The van der Waals surface area contributed by atoms with Gasteiger partial charge >= 0.3 is 0 Å². The minimum Gasteiger partial charge on any atom is -0.497 e. The molecule has 0 aromatic heterocycles. The molecule has 3 N–H and O–H groups in total. The highest BCUT2D eigenvalue weighted by atomic mass is 16.6. The van der Waals surface area contributed by atoms with Gasteiger partial charge in [-0.1, -0.05) is 26.7 Å². The van der Waals surface area contributed by atoms with Crippen molar-refractivity contribution in [3.63, 3.8) is 0 Å². The number of nitro benzene ring substituents is 1. The largest absolute Gasteiger partial charge is 0.497 e. The minimum absolute atomic E-state index is 0.0370. The predicted molar refractivity (Wildman–Crippen MR) is 133 cm³/mol. The third-order valence-electron chi connectivity index (χ3n) is 6.62. The van der Waals surface area contributed by atoms with E-state index in [-0.39, 0.29) is 35.4 Å². The molecule has 0 heterocycles. The van der Waals surface area contributed by atoms with Gasteiger partial charge < -0.3 is 25.4 Å². The van der Waals surface area contributed by atoms with Gasteiger partial charge in [0.15, 0.2) is 0 Å². The topological polar surface area (TPSA) is 132 Å². The highest BCUT2D eigenvalue weighted by molar-refractivity contribution is 6.11. The standard InChI is InChI=1S/C25H32N4O6/c1-15-6-5-7-20(16(15)2)26-14-24(30)27-21-10-8-17(29(32)33)12-19(21)25(31)28-22-11-9-18(34-3)13-23(22)35-4/h8-13,15-16,20,26H,5-7,14H2,1-4H3,(H,27,30)(H,28,31)/t15-,16+,20-/m1/s1. The summed E-state index contributed by atoms with van der Waals surface area (Å²) in [7, 11) is 2.96. The van der Waals surface area contributed by atoms with Gasteiger partial charge in [0.1, 0.15) is 11.5 Å². The predicted octanol–water partition coefficient (Wildman–Crippen LogP) is 4.22. The Kier molecular flexibility index (Phi) is 8.64. The molecular formula is C25H32N4O6. The number of nitrogens with one attached hydrogen (secondary N) is 3. The molecule has 3 atom stereocenters. The van der Waals surface area contributed by atoms with E-state index in [4.69, 9.17) is 9.47 Å². The molecule has 10 heteroatoms. The molecule has 0 bridgehead atoms. The van der Waals surface area contributed by atoms with Gasteiger partial charge in [-0.2, -0.15) is 0 Å². The van der Waals surface area contributed by atoms with Crippen LogP contribution < -0.4 is 25.4 Å². The second-order valence-electron chi connectivity index (χ2n) is 8.81. The second-order valence-corrected chi connectivity index (χ2v) is 8.81. The normalized spacial score (nSPS) is 19.5. The summed E-state index contributed by atoms with van der Waals surface area (Å²) in [6.07, 6.45) is 3.31. The highest BCUT2D eigenvalue weighted by Gasteiger charge is 2.27. The molecule has 1 aliphatic rings. The fraction of sp³-hybridized carbons (Fsp3) is 0.440.